The molecule has 2 heterocycles. The highest BCUT2D eigenvalue weighted by Gasteiger charge is 2.33. The summed E-state index contributed by atoms with van der Waals surface area (Å²) in [6.45, 7) is -0.325. The Morgan fingerprint density at radius 2 is 1.66 bits per heavy atom. The molecule has 4 aromatic rings. The van der Waals surface area contributed by atoms with Crippen LogP contribution in [0.25, 0.3) is 10.9 Å². The van der Waals surface area contributed by atoms with Crippen LogP contribution in [-0.4, -0.2) is 36.1 Å². The van der Waals surface area contributed by atoms with Gasteiger partial charge in [-0.05, 0) is 24.3 Å². The Morgan fingerprint density at radius 1 is 0.914 bits per heavy atom. The molecule has 0 radical (unpaired) electrons. The summed E-state index contributed by atoms with van der Waals surface area (Å²) in [6, 6.07) is 20.6. The Labute approximate surface area is 201 Å². The number of aromatic nitrogens is 1. The Kier molecular flexibility index (Phi) is 6.27. The first-order chi connectivity index (χ1) is 16.9. The van der Waals surface area contributed by atoms with Crippen molar-refractivity contribution in [1.29, 1.82) is 0 Å². The molecule has 9 heteroatoms. The summed E-state index contributed by atoms with van der Waals surface area (Å²) in [5.74, 6) is -0.951. The smallest absolute Gasteiger partial charge is 0.245 e. The summed E-state index contributed by atoms with van der Waals surface area (Å²) >= 11 is 0. The Bertz CT molecular complexity index is 1520. The Morgan fingerprint density at radius 3 is 2.46 bits per heavy atom. The monoisotopic (exact) mass is 493 g/mol. The first kappa shape index (κ1) is 23.1. The second-order valence-electron chi connectivity index (χ2n) is 8.17. The lowest BCUT2D eigenvalue weighted by molar-refractivity contribution is 0.0692. The molecule has 1 aromatic heterocycles. The third-order valence-corrected chi connectivity index (χ3v) is 7.69. The molecule has 0 saturated carbocycles. The summed E-state index contributed by atoms with van der Waals surface area (Å²) in [5, 5.41) is 4.67. The second kappa shape index (κ2) is 9.52. The lowest BCUT2D eigenvalue weighted by Gasteiger charge is -2.25. The van der Waals surface area contributed by atoms with Crippen LogP contribution in [0.5, 0.6) is 0 Å². The highest BCUT2D eigenvalue weighted by atomic mass is 32.2. The van der Waals surface area contributed by atoms with Crippen molar-refractivity contribution in [3.8, 4) is 0 Å². The molecule has 35 heavy (non-hydrogen) atoms. The first-order valence-electron chi connectivity index (χ1n) is 11.0. The van der Waals surface area contributed by atoms with E-state index in [4.69, 9.17) is 4.84 Å². The molecular formula is C26H21F2N3O3S. The summed E-state index contributed by atoms with van der Waals surface area (Å²) in [7, 11) is -4.12. The fourth-order valence-electron chi connectivity index (χ4n) is 4.10. The van der Waals surface area contributed by atoms with Crippen LogP contribution in [0.3, 0.4) is 0 Å². The minimum atomic E-state index is -4.12. The molecule has 3 aromatic carbocycles. The molecule has 1 atom stereocenters. The van der Waals surface area contributed by atoms with Gasteiger partial charge in [0.1, 0.15) is 22.6 Å². The summed E-state index contributed by atoms with van der Waals surface area (Å²) < 4.78 is 57.6. The van der Waals surface area contributed by atoms with E-state index in [2.05, 4.69) is 10.1 Å². The lowest BCUT2D eigenvalue weighted by atomic mass is 10.0. The van der Waals surface area contributed by atoms with Crippen LogP contribution in [0.1, 0.15) is 17.5 Å². The minimum Gasteiger partial charge on any atom is -0.390 e. The fourth-order valence-corrected chi connectivity index (χ4v) is 5.71. The van der Waals surface area contributed by atoms with Crippen molar-refractivity contribution in [2.24, 2.45) is 5.16 Å². The highest BCUT2D eigenvalue weighted by molar-refractivity contribution is 7.89. The zero-order valence-corrected chi connectivity index (χ0v) is 19.3. The number of hydrogen-bond acceptors (Lipinski definition) is 5. The average Bonchev–Trinajstić information content (AvgIpc) is 3.33. The molecular weight excluding hydrogens is 472 g/mol. The van der Waals surface area contributed by atoms with E-state index in [1.165, 1.54) is 34.8 Å². The average molecular weight is 494 g/mol. The largest absolute Gasteiger partial charge is 0.390 e. The molecule has 1 aliphatic heterocycles. The standard InChI is InChI=1S/C26H21F2N3O3S/c27-22-11-3-1-7-19(22)16-31(17-20-15-24(30-34-20)21-10-2-4-12-23(21)28)35(32,33)25-13-5-8-18-9-6-14-29-26(18)25/h1-14,20H,15-17H2. The van der Waals surface area contributed by atoms with Crippen molar-refractivity contribution >= 4 is 26.6 Å². The van der Waals surface area contributed by atoms with E-state index in [0.717, 1.165) is 0 Å². The topological polar surface area (TPSA) is 71.9 Å². The van der Waals surface area contributed by atoms with E-state index in [-0.39, 0.29) is 30.0 Å². The number of nitrogens with zero attached hydrogens (tertiary/aromatic N) is 3. The van der Waals surface area contributed by atoms with Gasteiger partial charge in [0.2, 0.25) is 10.0 Å². The Balaban J connectivity index is 1.48. The molecule has 0 bridgehead atoms. The summed E-state index contributed by atoms with van der Waals surface area (Å²) in [4.78, 5) is 9.78. The van der Waals surface area contributed by atoms with E-state index < -0.39 is 27.8 Å². The third kappa shape index (κ3) is 4.65. The Hall–Kier alpha value is -3.69. The molecule has 0 amide bonds. The van der Waals surface area contributed by atoms with E-state index in [1.807, 2.05) is 0 Å². The zero-order valence-electron chi connectivity index (χ0n) is 18.5. The van der Waals surface area contributed by atoms with Crippen molar-refractivity contribution in [3.05, 3.63) is 108 Å². The van der Waals surface area contributed by atoms with Crippen LogP contribution >= 0.6 is 0 Å². The predicted octanol–water partition coefficient (Wildman–Crippen LogP) is 4.90. The number of halogens is 2. The van der Waals surface area contributed by atoms with Crippen molar-refractivity contribution in [2.75, 3.05) is 6.54 Å². The maximum Gasteiger partial charge on any atom is 0.245 e. The van der Waals surface area contributed by atoms with E-state index in [0.29, 0.717) is 22.2 Å². The molecule has 0 saturated heterocycles. The predicted molar refractivity (Wildman–Crippen MR) is 128 cm³/mol. The van der Waals surface area contributed by atoms with Gasteiger partial charge in [0, 0.05) is 35.7 Å². The maximum absolute atomic E-state index is 14.5. The zero-order chi connectivity index (χ0) is 24.4. The van der Waals surface area contributed by atoms with E-state index in [1.54, 1.807) is 54.6 Å². The molecule has 5 rings (SSSR count). The first-order valence-corrected chi connectivity index (χ1v) is 12.4. The van der Waals surface area contributed by atoms with Crippen molar-refractivity contribution in [3.63, 3.8) is 0 Å². The van der Waals surface area contributed by atoms with Gasteiger partial charge >= 0.3 is 0 Å². The van der Waals surface area contributed by atoms with Crippen LogP contribution in [0, 0.1) is 11.6 Å². The SMILES string of the molecule is O=S(=O)(c1cccc2cccnc12)N(Cc1ccccc1F)CC1CC(c2ccccc2F)=NO1. The molecule has 0 N–H and O–H groups in total. The van der Waals surface area contributed by atoms with Crippen LogP contribution in [0.4, 0.5) is 8.78 Å². The van der Waals surface area contributed by atoms with Crippen LogP contribution in [-0.2, 0) is 21.4 Å². The normalized spacial score (nSPS) is 15.9. The number of fused-ring (bicyclic) bond motifs is 1. The molecule has 0 aliphatic carbocycles. The van der Waals surface area contributed by atoms with Gasteiger partial charge in [-0.25, -0.2) is 17.2 Å². The van der Waals surface area contributed by atoms with Crippen molar-refractivity contribution in [1.82, 2.24) is 9.29 Å². The number of sulfonamides is 1. The molecule has 1 aliphatic rings. The highest BCUT2D eigenvalue weighted by Crippen LogP contribution is 2.28. The second-order valence-corrected chi connectivity index (χ2v) is 10.1. The van der Waals surface area contributed by atoms with Gasteiger partial charge in [-0.3, -0.25) is 4.98 Å². The van der Waals surface area contributed by atoms with Crippen molar-refractivity contribution < 1.29 is 22.0 Å². The van der Waals surface area contributed by atoms with Gasteiger partial charge < -0.3 is 4.84 Å². The van der Waals surface area contributed by atoms with Gasteiger partial charge in [0.05, 0.1) is 17.8 Å². The molecule has 1 unspecified atom stereocenters. The molecule has 6 nitrogen and oxygen atoms in total. The lowest BCUT2D eigenvalue weighted by Crippen LogP contribution is -2.37. The van der Waals surface area contributed by atoms with E-state index >= 15 is 0 Å². The number of pyridine rings is 1. The number of hydrogen-bond donors (Lipinski definition) is 0. The van der Waals surface area contributed by atoms with Crippen LogP contribution in [0.15, 0.2) is 95.1 Å². The van der Waals surface area contributed by atoms with Gasteiger partial charge in [0.25, 0.3) is 0 Å². The number of benzene rings is 3. The number of para-hydroxylation sites is 1. The van der Waals surface area contributed by atoms with Crippen LogP contribution in [0.2, 0.25) is 0 Å². The number of rotatable bonds is 7. The van der Waals surface area contributed by atoms with Crippen molar-refractivity contribution in [2.45, 2.75) is 24.0 Å². The van der Waals surface area contributed by atoms with Gasteiger partial charge in [0.15, 0.2) is 0 Å². The molecule has 0 fully saturated rings. The maximum atomic E-state index is 14.5. The van der Waals surface area contributed by atoms with Gasteiger partial charge in [-0.1, -0.05) is 59.8 Å². The minimum absolute atomic E-state index is 0.0141. The summed E-state index contributed by atoms with van der Waals surface area (Å²) in [6.07, 6.45) is 1.06. The van der Waals surface area contributed by atoms with Crippen LogP contribution < -0.4 is 0 Å². The van der Waals surface area contributed by atoms with E-state index in [9.17, 15) is 17.2 Å². The quantitative estimate of drug-likeness (QED) is 0.367. The number of oxime groups is 1. The third-order valence-electron chi connectivity index (χ3n) is 5.84. The fraction of sp³-hybridized carbons (Fsp3) is 0.154. The van der Waals surface area contributed by atoms with Gasteiger partial charge in [-0.2, -0.15) is 4.31 Å². The van der Waals surface area contributed by atoms with Gasteiger partial charge in [-0.15, -0.1) is 0 Å². The summed E-state index contributed by atoms with van der Waals surface area (Å²) in [5.41, 5.74) is 1.24. The molecule has 0 spiro atoms. The molecule has 178 valence electrons.